The van der Waals surface area contributed by atoms with Crippen molar-refractivity contribution in [1.82, 2.24) is 4.72 Å². The largest absolute Gasteiger partial charge is 0.326 e. The zero-order valence-electron chi connectivity index (χ0n) is 10.5. The number of hydrogen-bond donors (Lipinski definition) is 2. The van der Waals surface area contributed by atoms with Crippen LogP contribution in [0.4, 0.5) is 0 Å². The number of sulfonamides is 1. The summed E-state index contributed by atoms with van der Waals surface area (Å²) < 4.78 is 26.3. The van der Waals surface area contributed by atoms with E-state index in [9.17, 15) is 8.42 Å². The van der Waals surface area contributed by atoms with Crippen molar-refractivity contribution in [1.29, 1.82) is 0 Å². The Kier molecular flexibility index (Phi) is 4.68. The summed E-state index contributed by atoms with van der Waals surface area (Å²) in [6.07, 6.45) is 0. The van der Waals surface area contributed by atoms with E-state index in [0.29, 0.717) is 0 Å². The number of hydrogen-bond acceptors (Lipinski definition) is 3. The molecule has 1 rings (SSSR count). The lowest BCUT2D eigenvalue weighted by molar-refractivity contribution is 0.481. The summed E-state index contributed by atoms with van der Waals surface area (Å²) in [5.74, 6) is 0.246. The van der Waals surface area contributed by atoms with Gasteiger partial charge in [-0.2, -0.15) is 0 Å². The first-order valence-electron chi connectivity index (χ1n) is 5.65. The van der Waals surface area contributed by atoms with E-state index in [2.05, 4.69) is 4.72 Å². The second-order valence-electron chi connectivity index (χ2n) is 4.57. The fraction of sp³-hybridized carbons (Fsp3) is 0.500. The minimum Gasteiger partial charge on any atom is -0.326 e. The molecule has 17 heavy (non-hydrogen) atoms. The highest BCUT2D eigenvalue weighted by Crippen LogP contribution is 2.10. The molecule has 0 fully saturated rings. The Morgan fingerprint density at radius 1 is 1.24 bits per heavy atom. The molecule has 0 saturated carbocycles. The van der Waals surface area contributed by atoms with Gasteiger partial charge in [-0.05, 0) is 25.0 Å². The molecule has 1 aromatic carbocycles. The lowest BCUT2D eigenvalue weighted by atomic mass is 10.1. The molecule has 1 aromatic rings. The van der Waals surface area contributed by atoms with Crippen molar-refractivity contribution in [3.8, 4) is 0 Å². The van der Waals surface area contributed by atoms with Crippen LogP contribution in [0.15, 0.2) is 29.2 Å². The number of benzene rings is 1. The van der Waals surface area contributed by atoms with Crippen LogP contribution in [-0.4, -0.2) is 21.0 Å². The van der Waals surface area contributed by atoms with Crippen LogP contribution in [0.25, 0.3) is 0 Å². The van der Waals surface area contributed by atoms with E-state index in [1.807, 2.05) is 20.8 Å². The van der Waals surface area contributed by atoms with E-state index in [-0.39, 0.29) is 23.4 Å². The highest BCUT2D eigenvalue weighted by molar-refractivity contribution is 7.89. The third-order valence-electron chi connectivity index (χ3n) is 2.70. The molecule has 3 N–H and O–H groups in total. The van der Waals surface area contributed by atoms with Gasteiger partial charge in [0.1, 0.15) is 0 Å². The molecule has 5 heteroatoms. The van der Waals surface area contributed by atoms with E-state index in [1.54, 1.807) is 24.3 Å². The topological polar surface area (TPSA) is 72.2 Å². The highest BCUT2D eigenvalue weighted by atomic mass is 32.2. The normalized spacial score (nSPS) is 13.9. The molecule has 1 atom stereocenters. The fourth-order valence-electron chi connectivity index (χ4n) is 1.24. The van der Waals surface area contributed by atoms with Gasteiger partial charge in [-0.25, -0.2) is 13.1 Å². The second-order valence-corrected chi connectivity index (χ2v) is 6.34. The minimum atomic E-state index is -3.44. The standard InChI is InChI=1S/C12H20N2O2S/c1-9(2)12(13)8-14-17(15,16)11-6-4-10(3)5-7-11/h4-7,9,12,14H,8,13H2,1-3H3. The number of rotatable bonds is 5. The molecule has 0 spiro atoms. The van der Waals surface area contributed by atoms with Gasteiger partial charge >= 0.3 is 0 Å². The zero-order chi connectivity index (χ0) is 13.1. The molecule has 0 heterocycles. The van der Waals surface area contributed by atoms with Gasteiger partial charge in [0, 0.05) is 12.6 Å². The molecule has 96 valence electrons. The van der Waals surface area contributed by atoms with Crippen molar-refractivity contribution in [3.63, 3.8) is 0 Å². The maximum absolute atomic E-state index is 11.9. The molecule has 4 nitrogen and oxygen atoms in total. The first-order valence-corrected chi connectivity index (χ1v) is 7.13. The molecule has 0 amide bonds. The van der Waals surface area contributed by atoms with Gasteiger partial charge in [-0.15, -0.1) is 0 Å². The van der Waals surface area contributed by atoms with Crippen LogP contribution in [0.5, 0.6) is 0 Å². The number of nitrogens with one attached hydrogen (secondary N) is 1. The second kappa shape index (κ2) is 5.62. The fourth-order valence-corrected chi connectivity index (χ4v) is 2.32. The predicted octanol–water partition coefficient (Wildman–Crippen LogP) is 1.26. The van der Waals surface area contributed by atoms with Crippen LogP contribution < -0.4 is 10.5 Å². The van der Waals surface area contributed by atoms with E-state index in [4.69, 9.17) is 5.73 Å². The van der Waals surface area contributed by atoms with Crippen LogP contribution in [0, 0.1) is 12.8 Å². The first kappa shape index (κ1) is 14.2. The Balaban J connectivity index is 2.72. The maximum Gasteiger partial charge on any atom is 0.240 e. The molecule has 0 aliphatic rings. The van der Waals surface area contributed by atoms with Crippen molar-refractivity contribution < 1.29 is 8.42 Å². The summed E-state index contributed by atoms with van der Waals surface area (Å²) >= 11 is 0. The van der Waals surface area contributed by atoms with Gasteiger partial charge in [0.25, 0.3) is 0 Å². The van der Waals surface area contributed by atoms with Crippen LogP contribution in [0.1, 0.15) is 19.4 Å². The Hall–Kier alpha value is -0.910. The van der Waals surface area contributed by atoms with Crippen LogP contribution >= 0.6 is 0 Å². The lowest BCUT2D eigenvalue weighted by Gasteiger charge is -2.16. The molecule has 0 aliphatic carbocycles. The van der Waals surface area contributed by atoms with Gasteiger partial charge in [-0.3, -0.25) is 0 Å². The van der Waals surface area contributed by atoms with Crippen molar-refractivity contribution in [2.24, 2.45) is 11.7 Å². The molecule has 0 aromatic heterocycles. The Morgan fingerprint density at radius 2 is 1.76 bits per heavy atom. The SMILES string of the molecule is Cc1ccc(S(=O)(=O)NCC(N)C(C)C)cc1. The monoisotopic (exact) mass is 256 g/mol. The van der Waals surface area contributed by atoms with E-state index in [0.717, 1.165) is 5.56 Å². The van der Waals surface area contributed by atoms with E-state index < -0.39 is 10.0 Å². The minimum absolute atomic E-state index is 0.171. The average Bonchev–Trinajstić information content (AvgIpc) is 2.26. The molecular weight excluding hydrogens is 236 g/mol. The summed E-state index contributed by atoms with van der Waals surface area (Å²) in [4.78, 5) is 0.277. The highest BCUT2D eigenvalue weighted by Gasteiger charge is 2.16. The Labute approximate surface area is 103 Å². The molecule has 1 unspecified atom stereocenters. The predicted molar refractivity (Wildman–Crippen MR) is 69.2 cm³/mol. The van der Waals surface area contributed by atoms with Gasteiger partial charge in [0.15, 0.2) is 0 Å². The summed E-state index contributed by atoms with van der Waals surface area (Å²) in [5.41, 5.74) is 6.83. The van der Waals surface area contributed by atoms with Crippen molar-refractivity contribution in [2.45, 2.75) is 31.7 Å². The van der Waals surface area contributed by atoms with Crippen LogP contribution in [-0.2, 0) is 10.0 Å². The van der Waals surface area contributed by atoms with Gasteiger partial charge in [0.05, 0.1) is 4.90 Å². The number of aryl methyl sites for hydroxylation is 1. The molecule has 0 aliphatic heterocycles. The zero-order valence-corrected chi connectivity index (χ0v) is 11.3. The van der Waals surface area contributed by atoms with Crippen molar-refractivity contribution in [2.75, 3.05) is 6.54 Å². The maximum atomic E-state index is 11.9. The van der Waals surface area contributed by atoms with Gasteiger partial charge in [-0.1, -0.05) is 31.5 Å². The quantitative estimate of drug-likeness (QED) is 0.833. The number of nitrogens with two attached hydrogens (primary N) is 1. The van der Waals surface area contributed by atoms with Crippen LogP contribution in [0.3, 0.4) is 0 Å². The Morgan fingerprint density at radius 3 is 2.24 bits per heavy atom. The molecular formula is C12H20N2O2S. The molecule has 0 saturated heterocycles. The van der Waals surface area contributed by atoms with Crippen molar-refractivity contribution in [3.05, 3.63) is 29.8 Å². The van der Waals surface area contributed by atoms with E-state index >= 15 is 0 Å². The smallest absolute Gasteiger partial charge is 0.240 e. The van der Waals surface area contributed by atoms with Crippen LogP contribution in [0.2, 0.25) is 0 Å². The first-order chi connectivity index (χ1) is 7.83. The molecule has 0 bridgehead atoms. The summed E-state index contributed by atoms with van der Waals surface area (Å²) in [5, 5.41) is 0. The van der Waals surface area contributed by atoms with E-state index in [1.165, 1.54) is 0 Å². The molecule has 0 radical (unpaired) electrons. The lowest BCUT2D eigenvalue weighted by Crippen LogP contribution is -2.40. The summed E-state index contributed by atoms with van der Waals surface area (Å²) in [6, 6.07) is 6.57. The third-order valence-corrected chi connectivity index (χ3v) is 4.14. The third kappa shape index (κ3) is 4.11. The average molecular weight is 256 g/mol. The summed E-state index contributed by atoms with van der Waals surface area (Å²) in [7, 11) is -3.44. The van der Waals surface area contributed by atoms with Gasteiger partial charge < -0.3 is 5.73 Å². The van der Waals surface area contributed by atoms with Gasteiger partial charge in [0.2, 0.25) is 10.0 Å². The Bertz CT molecular complexity index is 452. The summed E-state index contributed by atoms with van der Waals surface area (Å²) in [6.45, 7) is 6.10. The van der Waals surface area contributed by atoms with Crippen molar-refractivity contribution >= 4 is 10.0 Å².